The molecule has 0 amide bonds. The van der Waals surface area contributed by atoms with Crippen LogP contribution in [0.4, 0.5) is 5.69 Å². The summed E-state index contributed by atoms with van der Waals surface area (Å²) in [6.45, 7) is 4.09. The smallest absolute Gasteiger partial charge is 0.278 e. The number of aromatic hydroxyl groups is 1. The lowest BCUT2D eigenvalue weighted by atomic mass is 10.1. The third kappa shape index (κ3) is 2.68. The van der Waals surface area contributed by atoms with Gasteiger partial charge in [-0.05, 0) is 19.4 Å². The van der Waals surface area contributed by atoms with E-state index in [1.807, 2.05) is 31.2 Å². The predicted molar refractivity (Wildman–Crippen MR) is 69.8 cm³/mol. The van der Waals surface area contributed by atoms with Crippen molar-refractivity contribution in [3.05, 3.63) is 51.6 Å². The third-order valence-electron chi connectivity index (χ3n) is 2.61. The van der Waals surface area contributed by atoms with E-state index < -0.39 is 0 Å². The Morgan fingerprint density at radius 3 is 2.56 bits per heavy atom. The average molecular weight is 245 g/mol. The van der Waals surface area contributed by atoms with Gasteiger partial charge in [0, 0.05) is 6.54 Å². The third-order valence-corrected chi connectivity index (χ3v) is 2.61. The second kappa shape index (κ2) is 4.91. The first-order chi connectivity index (χ1) is 8.56. The number of benzene rings is 1. The summed E-state index contributed by atoms with van der Waals surface area (Å²) in [6, 6.07) is 7.92. The van der Waals surface area contributed by atoms with Crippen LogP contribution >= 0.6 is 0 Å². The van der Waals surface area contributed by atoms with Gasteiger partial charge in [-0.15, -0.1) is 0 Å². The number of aryl methyl sites for hydroxylation is 2. The fraction of sp³-hybridized carbons (Fsp3) is 0.231. The fourth-order valence-corrected chi connectivity index (χ4v) is 1.63. The molecule has 0 fully saturated rings. The average Bonchev–Trinajstić information content (AvgIpc) is 2.30. The molecule has 5 nitrogen and oxygen atoms in total. The fourth-order valence-electron chi connectivity index (χ4n) is 1.63. The monoisotopic (exact) mass is 245 g/mol. The van der Waals surface area contributed by atoms with E-state index >= 15 is 0 Å². The van der Waals surface area contributed by atoms with Crippen molar-refractivity contribution in [3.63, 3.8) is 0 Å². The molecule has 0 aliphatic rings. The lowest BCUT2D eigenvalue weighted by molar-refractivity contribution is 0.451. The van der Waals surface area contributed by atoms with Gasteiger partial charge in [-0.25, -0.2) is 0 Å². The minimum absolute atomic E-state index is 0.0983. The van der Waals surface area contributed by atoms with Gasteiger partial charge in [0.1, 0.15) is 5.82 Å². The van der Waals surface area contributed by atoms with E-state index in [2.05, 4.69) is 15.3 Å². The molecule has 0 aliphatic heterocycles. The molecule has 0 spiro atoms. The summed E-state index contributed by atoms with van der Waals surface area (Å²) in [5.41, 5.74) is 1.93. The molecular weight excluding hydrogens is 230 g/mol. The normalized spacial score (nSPS) is 10.3. The molecule has 18 heavy (non-hydrogen) atoms. The van der Waals surface area contributed by atoms with Crippen LogP contribution in [0, 0.1) is 13.8 Å². The number of hydrogen-bond acceptors (Lipinski definition) is 4. The van der Waals surface area contributed by atoms with Crippen LogP contribution in [0.25, 0.3) is 0 Å². The molecule has 3 N–H and O–H groups in total. The van der Waals surface area contributed by atoms with Crippen LogP contribution in [0.2, 0.25) is 0 Å². The van der Waals surface area contributed by atoms with Crippen molar-refractivity contribution < 1.29 is 5.11 Å². The highest BCUT2D eigenvalue weighted by Crippen LogP contribution is 2.15. The van der Waals surface area contributed by atoms with Gasteiger partial charge < -0.3 is 15.4 Å². The summed E-state index contributed by atoms with van der Waals surface area (Å²) >= 11 is 0. The molecule has 0 saturated heterocycles. The molecule has 94 valence electrons. The van der Waals surface area contributed by atoms with Crippen LogP contribution < -0.4 is 10.9 Å². The summed E-state index contributed by atoms with van der Waals surface area (Å²) in [7, 11) is 0. The Kier molecular flexibility index (Phi) is 3.32. The van der Waals surface area contributed by atoms with Crippen LogP contribution in [0.15, 0.2) is 29.1 Å². The number of anilines is 1. The highest BCUT2D eigenvalue weighted by molar-refractivity contribution is 5.50. The highest BCUT2D eigenvalue weighted by atomic mass is 16.3. The maximum Gasteiger partial charge on any atom is 0.278 e. The van der Waals surface area contributed by atoms with Crippen LogP contribution in [0.3, 0.4) is 0 Å². The van der Waals surface area contributed by atoms with Crippen molar-refractivity contribution in [3.8, 4) is 5.88 Å². The molecule has 1 heterocycles. The number of aromatic nitrogens is 2. The summed E-state index contributed by atoms with van der Waals surface area (Å²) < 4.78 is 0. The van der Waals surface area contributed by atoms with Gasteiger partial charge in [-0.3, -0.25) is 4.79 Å². The largest absolute Gasteiger partial charge is 0.492 e. The Morgan fingerprint density at radius 1 is 1.28 bits per heavy atom. The standard InChI is InChI=1S/C13H15N3O2/c1-8-3-5-10(6-4-8)7-14-11-12(17)15-9(2)16-13(11)18/h3-6,14H,7H2,1-2H3,(H2,15,16,17,18). The van der Waals surface area contributed by atoms with E-state index in [0.29, 0.717) is 12.4 Å². The second-order valence-electron chi connectivity index (χ2n) is 4.19. The van der Waals surface area contributed by atoms with Gasteiger partial charge in [0.15, 0.2) is 5.69 Å². The number of H-pyrrole nitrogens is 1. The minimum atomic E-state index is -0.368. The Hall–Kier alpha value is -2.30. The Labute approximate surface area is 105 Å². The van der Waals surface area contributed by atoms with Gasteiger partial charge in [0.2, 0.25) is 5.88 Å². The topological polar surface area (TPSA) is 78.0 Å². The lowest BCUT2D eigenvalue weighted by Gasteiger charge is -2.07. The summed E-state index contributed by atoms with van der Waals surface area (Å²) in [6.07, 6.45) is 0. The van der Waals surface area contributed by atoms with E-state index in [1.165, 1.54) is 5.56 Å². The van der Waals surface area contributed by atoms with Gasteiger partial charge in [0.05, 0.1) is 0 Å². The first-order valence-corrected chi connectivity index (χ1v) is 5.65. The van der Waals surface area contributed by atoms with Gasteiger partial charge in [-0.1, -0.05) is 29.8 Å². The Balaban J connectivity index is 2.16. The number of hydrogen-bond donors (Lipinski definition) is 3. The number of aromatic amines is 1. The number of rotatable bonds is 3. The molecule has 0 atom stereocenters. The molecule has 1 aromatic carbocycles. The molecular formula is C13H15N3O2. The van der Waals surface area contributed by atoms with Crippen molar-refractivity contribution in [2.45, 2.75) is 20.4 Å². The van der Waals surface area contributed by atoms with E-state index in [4.69, 9.17) is 0 Å². The van der Waals surface area contributed by atoms with Crippen LogP contribution in [0.5, 0.6) is 5.88 Å². The van der Waals surface area contributed by atoms with Crippen molar-refractivity contribution in [2.75, 3.05) is 5.32 Å². The van der Waals surface area contributed by atoms with Crippen LogP contribution in [0.1, 0.15) is 17.0 Å². The van der Waals surface area contributed by atoms with Crippen molar-refractivity contribution >= 4 is 5.69 Å². The van der Waals surface area contributed by atoms with Gasteiger partial charge >= 0.3 is 0 Å². The Morgan fingerprint density at radius 2 is 1.94 bits per heavy atom. The van der Waals surface area contributed by atoms with Crippen LogP contribution in [-0.4, -0.2) is 15.1 Å². The Bertz CT molecular complexity index is 603. The predicted octanol–water partition coefficient (Wildman–Crippen LogP) is 1.70. The lowest BCUT2D eigenvalue weighted by Crippen LogP contribution is -2.16. The zero-order valence-electron chi connectivity index (χ0n) is 10.3. The number of nitrogens with one attached hydrogen (secondary N) is 2. The highest BCUT2D eigenvalue weighted by Gasteiger charge is 2.08. The summed E-state index contributed by atoms with van der Waals surface area (Å²) in [5.74, 6) is 0.113. The second-order valence-corrected chi connectivity index (χ2v) is 4.19. The number of nitrogens with zero attached hydrogens (tertiary/aromatic N) is 1. The molecule has 0 radical (unpaired) electrons. The molecule has 2 aromatic rings. The first kappa shape index (κ1) is 12.2. The zero-order valence-corrected chi connectivity index (χ0v) is 10.3. The van der Waals surface area contributed by atoms with E-state index in [-0.39, 0.29) is 17.1 Å². The molecule has 0 aliphatic carbocycles. The SMILES string of the molecule is Cc1ccc(CNc2c(O)nc(C)[nH]c2=O)cc1. The molecule has 2 rings (SSSR count). The summed E-state index contributed by atoms with van der Waals surface area (Å²) in [5, 5.41) is 12.5. The maximum absolute atomic E-state index is 11.6. The van der Waals surface area contributed by atoms with Crippen molar-refractivity contribution in [1.29, 1.82) is 0 Å². The first-order valence-electron chi connectivity index (χ1n) is 5.65. The van der Waals surface area contributed by atoms with E-state index in [1.54, 1.807) is 6.92 Å². The minimum Gasteiger partial charge on any atom is -0.492 e. The maximum atomic E-state index is 11.6. The zero-order chi connectivity index (χ0) is 13.1. The molecule has 0 saturated carbocycles. The summed E-state index contributed by atoms with van der Waals surface area (Å²) in [4.78, 5) is 18.0. The van der Waals surface area contributed by atoms with Crippen molar-refractivity contribution in [1.82, 2.24) is 9.97 Å². The van der Waals surface area contributed by atoms with E-state index in [9.17, 15) is 9.90 Å². The molecule has 5 heteroatoms. The van der Waals surface area contributed by atoms with E-state index in [0.717, 1.165) is 5.56 Å². The molecule has 0 unspecified atom stereocenters. The van der Waals surface area contributed by atoms with Gasteiger partial charge in [0.25, 0.3) is 5.56 Å². The quantitative estimate of drug-likeness (QED) is 0.769. The molecule has 0 bridgehead atoms. The van der Waals surface area contributed by atoms with Crippen LogP contribution in [-0.2, 0) is 6.54 Å². The molecule has 1 aromatic heterocycles. The van der Waals surface area contributed by atoms with Gasteiger partial charge in [-0.2, -0.15) is 4.98 Å². The van der Waals surface area contributed by atoms with Crippen molar-refractivity contribution in [2.24, 2.45) is 0 Å².